The molecule has 2 fully saturated rings. The molecule has 3 aromatic heterocycles. The van der Waals surface area contributed by atoms with Crippen LogP contribution in [0.4, 0.5) is 5.82 Å². The van der Waals surface area contributed by atoms with Gasteiger partial charge in [0, 0.05) is 42.6 Å². The summed E-state index contributed by atoms with van der Waals surface area (Å²) in [5, 5.41) is 19.1. The van der Waals surface area contributed by atoms with Crippen LogP contribution < -0.4 is 16.0 Å². The summed E-state index contributed by atoms with van der Waals surface area (Å²) in [5.74, 6) is 1.99. The number of hydrogen-bond donors (Lipinski definition) is 2. The summed E-state index contributed by atoms with van der Waals surface area (Å²) in [6.07, 6.45) is 4.79. The highest BCUT2D eigenvalue weighted by molar-refractivity contribution is 6.30. The highest BCUT2D eigenvalue weighted by Crippen LogP contribution is 2.44. The third-order valence-electron chi connectivity index (χ3n) is 7.07. The van der Waals surface area contributed by atoms with Gasteiger partial charge in [-0.15, -0.1) is 5.10 Å². The molecule has 11 nitrogen and oxygen atoms in total. The highest BCUT2D eigenvalue weighted by atomic mass is 35.5. The number of piperidine rings is 1. The monoisotopic (exact) mass is 504 g/mol. The number of carbonyl (C=O) groups is 1. The number of anilines is 1. The van der Waals surface area contributed by atoms with E-state index in [1.54, 1.807) is 35.3 Å². The number of amides is 1. The molecular weight excluding hydrogens is 480 g/mol. The fourth-order valence-electron chi connectivity index (χ4n) is 4.89. The van der Waals surface area contributed by atoms with E-state index in [0.29, 0.717) is 35.0 Å². The Bertz CT molecular complexity index is 1410. The number of aryl methyl sites for hydroxylation is 1. The average molecular weight is 505 g/mol. The van der Waals surface area contributed by atoms with Crippen molar-refractivity contribution in [2.45, 2.75) is 26.1 Å². The van der Waals surface area contributed by atoms with Crippen molar-refractivity contribution in [2.24, 2.45) is 17.6 Å². The molecule has 1 aliphatic carbocycles. The van der Waals surface area contributed by atoms with Crippen molar-refractivity contribution in [3.63, 3.8) is 0 Å². The Kier molecular flexibility index (Phi) is 5.65. The van der Waals surface area contributed by atoms with Gasteiger partial charge in [-0.1, -0.05) is 17.7 Å². The largest absolute Gasteiger partial charge is 0.356 e. The summed E-state index contributed by atoms with van der Waals surface area (Å²) in [4.78, 5) is 19.9. The molecule has 12 heteroatoms. The van der Waals surface area contributed by atoms with Crippen LogP contribution >= 0.6 is 11.6 Å². The number of nitrogens with zero attached hydrogens (tertiary/aromatic N) is 8. The van der Waals surface area contributed by atoms with E-state index in [9.17, 15) is 4.79 Å². The normalized spacial score (nSPS) is 20.4. The number of carbonyl (C=O) groups excluding carboxylic acids is 1. The number of halogens is 1. The Labute approximate surface area is 212 Å². The molecule has 3 atom stereocenters. The van der Waals surface area contributed by atoms with Gasteiger partial charge in [0.1, 0.15) is 12.1 Å². The molecule has 3 N–H and O–H groups in total. The van der Waals surface area contributed by atoms with E-state index in [4.69, 9.17) is 22.3 Å². The number of hydrogen-bond acceptors (Lipinski definition) is 8. The second-order valence-corrected chi connectivity index (χ2v) is 9.80. The fraction of sp³-hybridized carbons (Fsp3) is 0.333. The molecule has 1 amide bonds. The van der Waals surface area contributed by atoms with Crippen LogP contribution in [0.1, 0.15) is 27.2 Å². The molecule has 4 aromatic rings. The van der Waals surface area contributed by atoms with E-state index in [-0.39, 0.29) is 12.5 Å². The lowest BCUT2D eigenvalue weighted by Crippen LogP contribution is -2.28. The smallest absolute Gasteiger partial charge is 0.254 e. The number of nitrogens with one attached hydrogen (secondary N) is 1. The molecule has 36 heavy (non-hydrogen) atoms. The second kappa shape index (κ2) is 8.99. The lowest BCUT2D eigenvalue weighted by Gasteiger charge is -2.21. The Morgan fingerprint density at radius 2 is 2.03 bits per heavy atom. The molecule has 1 aromatic carbocycles. The molecule has 1 aliphatic heterocycles. The number of rotatable bonds is 7. The second-order valence-electron chi connectivity index (χ2n) is 9.36. The lowest BCUT2D eigenvalue weighted by molar-refractivity contribution is 0.0951. The van der Waals surface area contributed by atoms with Crippen molar-refractivity contribution < 1.29 is 4.79 Å². The summed E-state index contributed by atoms with van der Waals surface area (Å²) >= 11 is 6.16. The molecule has 6 rings (SSSR count). The highest BCUT2D eigenvalue weighted by Gasteiger charge is 2.53. The molecule has 1 unspecified atom stereocenters. The predicted molar refractivity (Wildman–Crippen MR) is 133 cm³/mol. The first-order chi connectivity index (χ1) is 17.5. The van der Waals surface area contributed by atoms with Gasteiger partial charge in [-0.2, -0.15) is 5.10 Å². The molecular formula is C24H25ClN10O. The standard InChI is InChI=1S/C24H25ClN10O/c1-14-15(2-5-22(30-14)33-11-19-20(12-33)23(19)26)9-34-10-17(8-29-34)24(36)27-7-16-6-18(25)3-4-21(16)35-13-28-31-32-35/h2-6,8,10,13,19-20,23H,7,9,11-12,26H2,1H3,(H,27,36)/t19-,20+,23?. The first kappa shape index (κ1) is 22.6. The third kappa shape index (κ3) is 4.31. The van der Waals surface area contributed by atoms with Crippen molar-refractivity contribution in [3.05, 3.63) is 76.5 Å². The van der Waals surface area contributed by atoms with Crippen molar-refractivity contribution >= 4 is 23.3 Å². The molecule has 184 valence electrons. The summed E-state index contributed by atoms with van der Waals surface area (Å²) in [6, 6.07) is 9.85. The zero-order valence-corrected chi connectivity index (χ0v) is 20.4. The minimum Gasteiger partial charge on any atom is -0.356 e. The van der Waals surface area contributed by atoms with Crippen LogP contribution in [-0.4, -0.2) is 60.0 Å². The summed E-state index contributed by atoms with van der Waals surface area (Å²) in [7, 11) is 0. The zero-order chi connectivity index (χ0) is 24.8. The Morgan fingerprint density at radius 1 is 1.19 bits per heavy atom. The number of benzene rings is 1. The van der Waals surface area contributed by atoms with Crippen LogP contribution in [0.3, 0.4) is 0 Å². The zero-order valence-electron chi connectivity index (χ0n) is 19.6. The number of aromatic nitrogens is 7. The van der Waals surface area contributed by atoms with E-state index in [1.165, 1.54) is 11.0 Å². The van der Waals surface area contributed by atoms with Gasteiger partial charge in [0.15, 0.2) is 0 Å². The van der Waals surface area contributed by atoms with Gasteiger partial charge in [-0.3, -0.25) is 9.48 Å². The van der Waals surface area contributed by atoms with Gasteiger partial charge in [0.25, 0.3) is 5.91 Å². The maximum Gasteiger partial charge on any atom is 0.254 e. The summed E-state index contributed by atoms with van der Waals surface area (Å²) < 4.78 is 3.27. The average Bonchev–Trinajstić information content (AvgIpc) is 3.44. The van der Waals surface area contributed by atoms with Gasteiger partial charge < -0.3 is 16.0 Å². The molecule has 0 spiro atoms. The van der Waals surface area contributed by atoms with E-state index in [0.717, 1.165) is 41.4 Å². The molecule has 4 heterocycles. The molecule has 1 saturated carbocycles. The van der Waals surface area contributed by atoms with Crippen molar-refractivity contribution in [1.82, 2.24) is 40.3 Å². The molecule has 1 saturated heterocycles. The lowest BCUT2D eigenvalue weighted by atomic mass is 10.1. The third-order valence-corrected chi connectivity index (χ3v) is 7.30. The van der Waals surface area contributed by atoms with Gasteiger partial charge in [-0.05, 0) is 64.6 Å². The van der Waals surface area contributed by atoms with Gasteiger partial charge in [-0.25, -0.2) is 9.67 Å². The summed E-state index contributed by atoms with van der Waals surface area (Å²) in [5.41, 5.74) is 10.1. The van der Waals surface area contributed by atoms with Crippen LogP contribution in [0.25, 0.3) is 5.69 Å². The van der Waals surface area contributed by atoms with Gasteiger partial charge in [0.2, 0.25) is 0 Å². The predicted octanol–water partition coefficient (Wildman–Crippen LogP) is 1.59. The summed E-state index contributed by atoms with van der Waals surface area (Å²) in [6.45, 7) is 4.77. The Balaban J connectivity index is 1.09. The number of fused-ring (bicyclic) bond motifs is 1. The van der Waals surface area contributed by atoms with Crippen LogP contribution in [0.5, 0.6) is 0 Å². The quantitative estimate of drug-likeness (QED) is 0.387. The Hall–Kier alpha value is -3.83. The van der Waals surface area contributed by atoms with E-state index < -0.39 is 0 Å². The van der Waals surface area contributed by atoms with E-state index in [1.807, 2.05) is 6.92 Å². The van der Waals surface area contributed by atoms with Crippen LogP contribution in [0.15, 0.2) is 49.1 Å². The van der Waals surface area contributed by atoms with Crippen LogP contribution in [0, 0.1) is 18.8 Å². The van der Waals surface area contributed by atoms with E-state index in [2.05, 4.69) is 43.0 Å². The molecule has 0 bridgehead atoms. The van der Waals surface area contributed by atoms with Crippen LogP contribution in [0.2, 0.25) is 5.02 Å². The maximum absolute atomic E-state index is 12.8. The number of pyridine rings is 1. The van der Waals surface area contributed by atoms with Gasteiger partial charge >= 0.3 is 0 Å². The fourth-order valence-corrected chi connectivity index (χ4v) is 5.08. The Morgan fingerprint density at radius 3 is 2.78 bits per heavy atom. The SMILES string of the molecule is Cc1nc(N2C[C@@H]3C(N)[C@@H]3C2)ccc1Cn1cc(C(=O)NCc2cc(Cl)ccc2-n2cnnn2)cn1. The van der Waals surface area contributed by atoms with Gasteiger partial charge in [0.05, 0.1) is 24.0 Å². The number of nitrogens with two attached hydrogens (primary N) is 1. The first-order valence-corrected chi connectivity index (χ1v) is 12.1. The van der Waals surface area contributed by atoms with Crippen molar-refractivity contribution in [2.75, 3.05) is 18.0 Å². The minimum absolute atomic E-state index is 0.236. The first-order valence-electron chi connectivity index (χ1n) is 11.8. The van der Waals surface area contributed by atoms with Crippen molar-refractivity contribution in [3.8, 4) is 5.69 Å². The number of tetrazole rings is 1. The molecule has 0 radical (unpaired) electrons. The van der Waals surface area contributed by atoms with Crippen LogP contribution in [-0.2, 0) is 13.1 Å². The maximum atomic E-state index is 12.8. The molecule has 2 aliphatic rings. The van der Waals surface area contributed by atoms with E-state index >= 15 is 0 Å². The minimum atomic E-state index is -0.236. The van der Waals surface area contributed by atoms with Crippen molar-refractivity contribution in [1.29, 1.82) is 0 Å². The topological polar surface area (TPSA) is 133 Å².